The first kappa shape index (κ1) is 22.4. The largest absolute Gasteiger partial charge is 0.479 e. The molecule has 12 heteroatoms. The van der Waals surface area contributed by atoms with Crippen LogP contribution in [0, 0.1) is 17.0 Å². The summed E-state index contributed by atoms with van der Waals surface area (Å²) in [7, 11) is 0. The SMILES string of the molecule is Cc1nc2ccc(Br)cc2c(=O)n1N=Cc1cc(Cl)c(O[C@@H](C)C(=O)O)c([N+](=O)[O-])c1. The number of aromatic nitrogens is 2. The molecule has 0 unspecified atom stereocenters. The van der Waals surface area contributed by atoms with Crippen LogP contribution in [0.25, 0.3) is 10.9 Å². The van der Waals surface area contributed by atoms with Gasteiger partial charge in [-0.2, -0.15) is 9.78 Å². The number of aliphatic carboxylic acids is 1. The summed E-state index contributed by atoms with van der Waals surface area (Å²) in [6.45, 7) is 2.82. The average molecular weight is 510 g/mol. The van der Waals surface area contributed by atoms with Gasteiger partial charge in [-0.15, -0.1) is 0 Å². The van der Waals surface area contributed by atoms with Gasteiger partial charge in [0.1, 0.15) is 5.82 Å². The summed E-state index contributed by atoms with van der Waals surface area (Å²) >= 11 is 9.40. The lowest BCUT2D eigenvalue weighted by Gasteiger charge is -2.12. The number of nitrogens with zero attached hydrogens (tertiary/aromatic N) is 4. The monoisotopic (exact) mass is 508 g/mol. The first-order valence-corrected chi connectivity index (χ1v) is 9.86. The third-order valence-corrected chi connectivity index (χ3v) is 4.95. The summed E-state index contributed by atoms with van der Waals surface area (Å²) in [5, 5.41) is 24.7. The molecule has 0 aliphatic carbocycles. The molecule has 0 fully saturated rings. The van der Waals surface area contributed by atoms with E-state index in [1.807, 2.05) is 0 Å². The molecule has 0 aliphatic rings. The van der Waals surface area contributed by atoms with Crippen molar-refractivity contribution in [3.63, 3.8) is 0 Å². The quantitative estimate of drug-likeness (QED) is 0.303. The molecule has 0 radical (unpaired) electrons. The molecule has 3 aromatic rings. The molecule has 0 saturated heterocycles. The maximum absolute atomic E-state index is 12.8. The molecule has 0 amide bonds. The average Bonchev–Trinajstić information content (AvgIpc) is 2.69. The van der Waals surface area contributed by atoms with E-state index in [9.17, 15) is 19.7 Å². The first-order valence-electron chi connectivity index (χ1n) is 8.69. The van der Waals surface area contributed by atoms with E-state index in [-0.39, 0.29) is 16.3 Å². The van der Waals surface area contributed by atoms with Crippen LogP contribution in [0.3, 0.4) is 0 Å². The van der Waals surface area contributed by atoms with Crippen LogP contribution in [-0.2, 0) is 4.79 Å². The van der Waals surface area contributed by atoms with Crippen molar-refractivity contribution < 1.29 is 19.6 Å². The van der Waals surface area contributed by atoms with Gasteiger partial charge in [0.25, 0.3) is 5.56 Å². The van der Waals surface area contributed by atoms with Crippen LogP contribution in [0.4, 0.5) is 5.69 Å². The molecular weight excluding hydrogens is 496 g/mol. The number of fused-ring (bicyclic) bond motifs is 1. The van der Waals surface area contributed by atoms with E-state index >= 15 is 0 Å². The van der Waals surface area contributed by atoms with E-state index in [0.29, 0.717) is 21.2 Å². The third kappa shape index (κ3) is 4.72. The van der Waals surface area contributed by atoms with Gasteiger partial charge in [-0.3, -0.25) is 14.9 Å². The van der Waals surface area contributed by atoms with Crippen LogP contribution in [-0.4, -0.2) is 38.0 Å². The van der Waals surface area contributed by atoms with E-state index in [1.165, 1.54) is 19.2 Å². The Bertz CT molecular complexity index is 1310. The predicted molar refractivity (Wildman–Crippen MR) is 117 cm³/mol. The van der Waals surface area contributed by atoms with E-state index < -0.39 is 28.2 Å². The van der Waals surface area contributed by atoms with E-state index in [0.717, 1.165) is 10.7 Å². The van der Waals surface area contributed by atoms with Crippen LogP contribution in [0.1, 0.15) is 18.3 Å². The smallest absolute Gasteiger partial charge is 0.344 e. The normalized spacial score (nSPS) is 12.3. The third-order valence-electron chi connectivity index (χ3n) is 4.18. The molecule has 1 N–H and O–H groups in total. The number of halogens is 2. The number of carboxylic acid groups (broad SMARTS) is 1. The van der Waals surface area contributed by atoms with Gasteiger partial charge in [-0.05, 0) is 38.1 Å². The maximum Gasteiger partial charge on any atom is 0.344 e. The molecule has 0 aliphatic heterocycles. The van der Waals surface area contributed by atoms with Crippen molar-refractivity contribution in [1.82, 2.24) is 9.66 Å². The molecule has 0 saturated carbocycles. The van der Waals surface area contributed by atoms with Gasteiger partial charge in [0.05, 0.1) is 27.1 Å². The molecular formula is C19H14BrClN4O6. The lowest BCUT2D eigenvalue weighted by molar-refractivity contribution is -0.386. The minimum Gasteiger partial charge on any atom is -0.479 e. The van der Waals surface area contributed by atoms with Crippen LogP contribution in [0.2, 0.25) is 5.02 Å². The standard InChI is InChI=1S/C19H14BrClN4O6/c1-9(19(27)28)31-17-14(21)5-11(6-16(17)25(29)30)8-22-24-10(2)23-15-4-3-12(20)7-13(15)18(24)26/h3-9H,1-2H3,(H,27,28)/t9-/m0/s1. The number of carboxylic acids is 1. The number of hydrogen-bond acceptors (Lipinski definition) is 7. The van der Waals surface area contributed by atoms with Gasteiger partial charge in [-0.1, -0.05) is 27.5 Å². The fourth-order valence-electron chi connectivity index (χ4n) is 2.67. The molecule has 0 spiro atoms. The number of benzene rings is 2. The summed E-state index contributed by atoms with van der Waals surface area (Å²) in [6.07, 6.45) is -0.136. The molecule has 2 aromatic carbocycles. The molecule has 1 heterocycles. The highest BCUT2D eigenvalue weighted by molar-refractivity contribution is 9.10. The zero-order valence-electron chi connectivity index (χ0n) is 16.1. The second-order valence-electron chi connectivity index (χ2n) is 6.39. The molecule has 160 valence electrons. The molecule has 0 bridgehead atoms. The second-order valence-corrected chi connectivity index (χ2v) is 7.71. The summed E-state index contributed by atoms with van der Waals surface area (Å²) in [5.74, 6) is -1.36. The summed E-state index contributed by atoms with van der Waals surface area (Å²) in [6, 6.07) is 7.51. The van der Waals surface area contributed by atoms with Gasteiger partial charge in [0, 0.05) is 16.1 Å². The van der Waals surface area contributed by atoms with Crippen molar-refractivity contribution in [1.29, 1.82) is 0 Å². The number of ether oxygens (including phenoxy) is 1. The first-order chi connectivity index (χ1) is 14.6. The Labute approximate surface area is 188 Å². The lowest BCUT2D eigenvalue weighted by atomic mass is 10.2. The minimum absolute atomic E-state index is 0.173. The van der Waals surface area contributed by atoms with Crippen molar-refractivity contribution in [2.75, 3.05) is 0 Å². The highest BCUT2D eigenvalue weighted by atomic mass is 79.9. The molecule has 3 rings (SSSR count). The van der Waals surface area contributed by atoms with Gasteiger partial charge >= 0.3 is 11.7 Å². The number of carbonyl (C=O) groups is 1. The Morgan fingerprint density at radius 3 is 2.77 bits per heavy atom. The zero-order valence-corrected chi connectivity index (χ0v) is 18.4. The number of rotatable bonds is 6. The number of nitro groups is 1. The Kier molecular flexibility index (Phi) is 6.37. The summed E-state index contributed by atoms with van der Waals surface area (Å²) in [5.41, 5.74) is -0.250. The van der Waals surface area contributed by atoms with Crippen molar-refractivity contribution in [2.24, 2.45) is 5.10 Å². The second kappa shape index (κ2) is 8.82. The van der Waals surface area contributed by atoms with Crippen molar-refractivity contribution in [2.45, 2.75) is 20.0 Å². The molecule has 10 nitrogen and oxygen atoms in total. The Morgan fingerprint density at radius 2 is 2.13 bits per heavy atom. The van der Waals surface area contributed by atoms with Crippen LogP contribution >= 0.6 is 27.5 Å². The molecule has 31 heavy (non-hydrogen) atoms. The molecule has 1 atom stereocenters. The number of nitro benzene ring substituents is 1. The minimum atomic E-state index is -1.35. The van der Waals surface area contributed by atoms with Crippen molar-refractivity contribution >= 4 is 56.3 Å². The van der Waals surface area contributed by atoms with E-state index in [4.69, 9.17) is 21.4 Å². The number of hydrogen-bond donors (Lipinski definition) is 1. The van der Waals surface area contributed by atoms with Gasteiger partial charge in [-0.25, -0.2) is 9.78 Å². The maximum atomic E-state index is 12.8. The Morgan fingerprint density at radius 1 is 1.42 bits per heavy atom. The van der Waals surface area contributed by atoms with Crippen molar-refractivity contribution in [3.05, 3.63) is 71.7 Å². The lowest BCUT2D eigenvalue weighted by Crippen LogP contribution is -2.23. The fraction of sp³-hybridized carbons (Fsp3) is 0.158. The molecule has 1 aromatic heterocycles. The van der Waals surface area contributed by atoms with Gasteiger partial charge in [0.2, 0.25) is 5.75 Å². The summed E-state index contributed by atoms with van der Waals surface area (Å²) < 4.78 is 6.89. The van der Waals surface area contributed by atoms with Gasteiger partial charge < -0.3 is 9.84 Å². The van der Waals surface area contributed by atoms with Crippen LogP contribution < -0.4 is 10.3 Å². The van der Waals surface area contributed by atoms with Crippen LogP contribution in [0.15, 0.2) is 44.7 Å². The Balaban J connectivity index is 2.06. The Hall–Kier alpha value is -3.31. The predicted octanol–water partition coefficient (Wildman–Crippen LogP) is 3.76. The van der Waals surface area contributed by atoms with E-state index in [1.54, 1.807) is 25.1 Å². The highest BCUT2D eigenvalue weighted by Gasteiger charge is 2.24. The van der Waals surface area contributed by atoms with Crippen LogP contribution in [0.5, 0.6) is 5.75 Å². The zero-order chi connectivity index (χ0) is 22.9. The highest BCUT2D eigenvalue weighted by Crippen LogP contribution is 2.36. The topological polar surface area (TPSA) is 137 Å². The van der Waals surface area contributed by atoms with Gasteiger partial charge in [0.15, 0.2) is 6.10 Å². The van der Waals surface area contributed by atoms with E-state index in [2.05, 4.69) is 26.0 Å². The number of aryl methyl sites for hydroxylation is 1. The van der Waals surface area contributed by atoms with Crippen molar-refractivity contribution in [3.8, 4) is 5.75 Å². The summed E-state index contributed by atoms with van der Waals surface area (Å²) in [4.78, 5) is 38.8. The fourth-order valence-corrected chi connectivity index (χ4v) is 3.30.